The van der Waals surface area contributed by atoms with Crippen LogP contribution in [0.2, 0.25) is 0 Å². The molecule has 7 nitrogen and oxygen atoms in total. The number of amides is 2. The van der Waals surface area contributed by atoms with Crippen molar-refractivity contribution < 1.29 is 9.59 Å². The Hall–Kier alpha value is -2.67. The first-order chi connectivity index (χ1) is 8.70. The highest BCUT2D eigenvalue weighted by Gasteiger charge is 2.20. The predicted molar refractivity (Wildman–Crippen MR) is 64.5 cm³/mol. The second kappa shape index (κ2) is 3.67. The lowest BCUT2D eigenvalue weighted by atomic mass is 10.0. The summed E-state index contributed by atoms with van der Waals surface area (Å²) >= 11 is 0. The van der Waals surface area contributed by atoms with Crippen LogP contribution in [-0.4, -0.2) is 16.8 Å². The number of nitrogens with zero attached hydrogens (tertiary/aromatic N) is 1. The van der Waals surface area contributed by atoms with Gasteiger partial charge in [-0.05, 0) is 18.2 Å². The summed E-state index contributed by atoms with van der Waals surface area (Å²) in [6.07, 6.45) is 0. The predicted octanol–water partition coefficient (Wildman–Crippen LogP) is -0.0914. The van der Waals surface area contributed by atoms with Gasteiger partial charge >= 0.3 is 0 Å². The number of hydrogen-bond acceptors (Lipinski definition) is 5. The molecule has 0 atom stereocenters. The maximum atomic E-state index is 11.6. The number of anilines is 1. The Bertz CT molecular complexity index is 682. The van der Waals surface area contributed by atoms with E-state index in [0.717, 1.165) is 0 Å². The Morgan fingerprint density at radius 1 is 1.33 bits per heavy atom. The zero-order valence-corrected chi connectivity index (χ0v) is 9.15. The van der Waals surface area contributed by atoms with Crippen LogP contribution in [0.3, 0.4) is 0 Å². The van der Waals surface area contributed by atoms with Crippen LogP contribution in [0.25, 0.3) is 10.9 Å². The molecule has 3 rings (SSSR count). The van der Waals surface area contributed by atoms with Gasteiger partial charge in [0.2, 0.25) is 0 Å². The Labute approximate surface area is 101 Å². The summed E-state index contributed by atoms with van der Waals surface area (Å²) in [4.78, 5) is 27.3. The minimum absolute atomic E-state index is 0.181. The van der Waals surface area contributed by atoms with Crippen LogP contribution in [0.15, 0.2) is 24.3 Å². The third-order valence-corrected chi connectivity index (χ3v) is 2.75. The molecule has 90 valence electrons. The van der Waals surface area contributed by atoms with E-state index in [9.17, 15) is 9.59 Å². The minimum atomic E-state index is -0.489. The summed E-state index contributed by atoms with van der Waals surface area (Å²) in [7, 11) is 0. The number of carbonyl (C=O) groups is 2. The third-order valence-electron chi connectivity index (χ3n) is 2.75. The number of aromatic nitrogens is 1. The van der Waals surface area contributed by atoms with Crippen molar-refractivity contribution in [2.24, 2.45) is 5.84 Å². The number of pyridine rings is 1. The van der Waals surface area contributed by atoms with Crippen molar-refractivity contribution in [1.82, 2.24) is 15.8 Å². The van der Waals surface area contributed by atoms with Crippen LogP contribution < -0.4 is 22.1 Å². The Morgan fingerprint density at radius 2 is 2.17 bits per heavy atom. The van der Waals surface area contributed by atoms with E-state index in [1.165, 1.54) is 6.07 Å². The van der Waals surface area contributed by atoms with E-state index in [-0.39, 0.29) is 11.6 Å². The van der Waals surface area contributed by atoms with Gasteiger partial charge in [-0.25, -0.2) is 10.8 Å². The summed E-state index contributed by atoms with van der Waals surface area (Å²) in [5.74, 6) is 4.36. The molecule has 1 aliphatic heterocycles. The van der Waals surface area contributed by atoms with Crippen LogP contribution in [0.5, 0.6) is 0 Å². The number of nitrogens with two attached hydrogens (primary N) is 1. The molecular formula is C11H9N5O2. The van der Waals surface area contributed by atoms with Gasteiger partial charge in [0.1, 0.15) is 5.69 Å². The number of hydrazine groups is 2. The lowest BCUT2D eigenvalue weighted by Gasteiger charge is -2.19. The van der Waals surface area contributed by atoms with Gasteiger partial charge in [-0.3, -0.25) is 25.9 Å². The average molecular weight is 243 g/mol. The van der Waals surface area contributed by atoms with E-state index in [1.807, 2.05) is 5.43 Å². The second-order valence-electron chi connectivity index (χ2n) is 3.81. The van der Waals surface area contributed by atoms with Gasteiger partial charge in [-0.15, -0.1) is 0 Å². The van der Waals surface area contributed by atoms with Crippen LogP contribution >= 0.6 is 0 Å². The molecular weight excluding hydrogens is 234 g/mol. The van der Waals surface area contributed by atoms with Crippen LogP contribution in [0.1, 0.15) is 20.8 Å². The molecule has 0 spiro atoms. The van der Waals surface area contributed by atoms with Crippen molar-refractivity contribution in [2.75, 3.05) is 5.43 Å². The van der Waals surface area contributed by atoms with Crippen LogP contribution in [-0.2, 0) is 0 Å². The monoisotopic (exact) mass is 243 g/mol. The first kappa shape index (κ1) is 10.5. The highest BCUT2D eigenvalue weighted by Crippen LogP contribution is 2.28. The number of hydrogen-bond donors (Lipinski definition) is 4. The fraction of sp³-hybridized carbons (Fsp3) is 0. The van der Waals surface area contributed by atoms with Crippen molar-refractivity contribution in [3.05, 3.63) is 35.5 Å². The second-order valence-corrected chi connectivity index (χ2v) is 3.81. The van der Waals surface area contributed by atoms with E-state index in [2.05, 4.69) is 15.8 Å². The van der Waals surface area contributed by atoms with Gasteiger partial charge in [0.05, 0.1) is 16.8 Å². The topological polar surface area (TPSA) is 109 Å². The van der Waals surface area contributed by atoms with Crippen molar-refractivity contribution >= 4 is 28.4 Å². The van der Waals surface area contributed by atoms with E-state index in [4.69, 9.17) is 5.84 Å². The van der Waals surface area contributed by atoms with E-state index in [1.54, 1.807) is 18.2 Å². The normalized spacial score (nSPS) is 12.8. The molecule has 0 saturated carbocycles. The quantitative estimate of drug-likeness (QED) is 0.318. The zero-order chi connectivity index (χ0) is 12.7. The molecule has 5 N–H and O–H groups in total. The Kier molecular flexibility index (Phi) is 2.14. The molecule has 7 heteroatoms. The third kappa shape index (κ3) is 1.38. The fourth-order valence-electron chi connectivity index (χ4n) is 1.96. The van der Waals surface area contributed by atoms with Crippen molar-refractivity contribution in [1.29, 1.82) is 0 Å². The lowest BCUT2D eigenvalue weighted by Crippen LogP contribution is -2.34. The molecule has 2 aromatic rings. The molecule has 2 heterocycles. The summed E-state index contributed by atoms with van der Waals surface area (Å²) in [5.41, 5.74) is 9.14. The molecule has 2 amide bonds. The number of carbonyl (C=O) groups excluding carboxylic acids is 2. The van der Waals surface area contributed by atoms with Crippen LogP contribution in [0.4, 0.5) is 5.69 Å². The Morgan fingerprint density at radius 3 is 2.94 bits per heavy atom. The summed E-state index contributed by atoms with van der Waals surface area (Å²) < 4.78 is 0. The maximum absolute atomic E-state index is 11.6. The minimum Gasteiger partial charge on any atom is -0.298 e. The lowest BCUT2D eigenvalue weighted by molar-refractivity contribution is 0.0947. The smallest absolute Gasteiger partial charge is 0.283 e. The van der Waals surface area contributed by atoms with Crippen LogP contribution in [0, 0.1) is 0 Å². The average Bonchev–Trinajstić information content (AvgIpc) is 2.41. The summed E-state index contributed by atoms with van der Waals surface area (Å²) in [6.45, 7) is 0. The van der Waals surface area contributed by atoms with Crippen molar-refractivity contribution in [2.45, 2.75) is 0 Å². The standard InChI is InChI=1S/C11H9N5O2/c12-14-11(18)8-4-7-9-5(10(17)16-15-7)2-1-3-6(9)13-8/h1-4,15H,12H2,(H,14,18)(H,16,17). The molecule has 1 aliphatic rings. The first-order valence-corrected chi connectivity index (χ1v) is 5.22. The highest BCUT2D eigenvalue weighted by molar-refractivity contribution is 6.14. The van der Waals surface area contributed by atoms with Gasteiger partial charge in [0.15, 0.2) is 0 Å². The zero-order valence-electron chi connectivity index (χ0n) is 9.15. The maximum Gasteiger partial charge on any atom is 0.283 e. The molecule has 0 fully saturated rings. The molecule has 18 heavy (non-hydrogen) atoms. The SMILES string of the molecule is NNC(=O)c1cc2c3c(cccc3n1)C(=O)NN2. The summed E-state index contributed by atoms with van der Waals surface area (Å²) in [5, 5.41) is 0.690. The van der Waals surface area contributed by atoms with Crippen molar-refractivity contribution in [3.8, 4) is 0 Å². The molecule has 0 saturated heterocycles. The fourth-order valence-corrected chi connectivity index (χ4v) is 1.96. The number of benzene rings is 1. The van der Waals surface area contributed by atoms with Crippen molar-refractivity contribution in [3.63, 3.8) is 0 Å². The number of nitrogens with one attached hydrogen (secondary N) is 3. The van der Waals surface area contributed by atoms with E-state index in [0.29, 0.717) is 22.2 Å². The Balaban J connectivity index is 2.33. The molecule has 0 aliphatic carbocycles. The molecule has 1 aromatic heterocycles. The largest absolute Gasteiger partial charge is 0.298 e. The van der Waals surface area contributed by atoms with Gasteiger partial charge < -0.3 is 0 Å². The van der Waals surface area contributed by atoms with Gasteiger partial charge in [-0.2, -0.15) is 0 Å². The number of nitrogen functional groups attached to an aromatic ring is 1. The molecule has 1 aromatic carbocycles. The molecule has 0 bridgehead atoms. The molecule has 0 unspecified atom stereocenters. The highest BCUT2D eigenvalue weighted by atomic mass is 16.2. The summed E-state index contributed by atoms with van der Waals surface area (Å²) in [6, 6.07) is 6.68. The van der Waals surface area contributed by atoms with Gasteiger partial charge in [-0.1, -0.05) is 6.07 Å². The molecule has 0 radical (unpaired) electrons. The first-order valence-electron chi connectivity index (χ1n) is 5.22. The number of rotatable bonds is 1. The van der Waals surface area contributed by atoms with E-state index >= 15 is 0 Å². The van der Waals surface area contributed by atoms with E-state index < -0.39 is 5.91 Å². The van der Waals surface area contributed by atoms with Gasteiger partial charge in [0.25, 0.3) is 11.8 Å². The van der Waals surface area contributed by atoms with Gasteiger partial charge in [0, 0.05) is 5.39 Å².